The van der Waals surface area contributed by atoms with Gasteiger partial charge in [0.1, 0.15) is 6.04 Å². The van der Waals surface area contributed by atoms with Crippen molar-refractivity contribution >= 4 is 27.6 Å². The normalized spacial score (nSPS) is 15.0. The summed E-state index contributed by atoms with van der Waals surface area (Å²) in [6.07, 6.45) is 3.75. The summed E-state index contributed by atoms with van der Waals surface area (Å²) in [7, 11) is -10.1. The molecular weight excluding hydrogens is 396 g/mol. The molecule has 16 heteroatoms. The van der Waals surface area contributed by atoms with Crippen molar-refractivity contribution in [1.29, 1.82) is 5.41 Å². The van der Waals surface area contributed by atoms with E-state index < -0.39 is 27.7 Å². The molecule has 0 amide bonds. The van der Waals surface area contributed by atoms with E-state index in [2.05, 4.69) is 14.9 Å². The standard InChI is InChI=1S/C6H14N4O2.C4H9N.H4O7P2/c7-4(5(11)12)2-1-3-10-6(8)9;1-2-4-5-3-1;1-8(2,3)7-9(4,5)6/h4H,1-3,7H2,(H,11,12)(H4,8,9,10);5H,1-4H2;(H2,1,2,3)(H2,4,5,6). The van der Waals surface area contributed by atoms with E-state index >= 15 is 0 Å². The second kappa shape index (κ2) is 14.0. The van der Waals surface area contributed by atoms with Crippen LogP contribution >= 0.6 is 15.6 Å². The molecule has 14 nitrogen and oxygen atoms in total. The molecule has 1 aliphatic rings. The highest BCUT2D eigenvalue weighted by Gasteiger charge is 2.27. The van der Waals surface area contributed by atoms with Gasteiger partial charge in [0, 0.05) is 6.54 Å². The summed E-state index contributed by atoms with van der Waals surface area (Å²) in [4.78, 5) is 41.2. The largest absolute Gasteiger partial charge is 0.480 e. The monoisotopic (exact) mass is 423 g/mol. The first-order valence-corrected chi connectivity index (χ1v) is 10.4. The van der Waals surface area contributed by atoms with Crippen LogP contribution in [0, 0.1) is 5.41 Å². The minimum Gasteiger partial charge on any atom is -0.480 e. The highest BCUT2D eigenvalue weighted by atomic mass is 31.3. The molecule has 1 fully saturated rings. The van der Waals surface area contributed by atoms with E-state index in [9.17, 15) is 13.9 Å². The Bertz CT molecular complexity index is 478. The summed E-state index contributed by atoms with van der Waals surface area (Å²) in [6, 6.07) is -0.821. The van der Waals surface area contributed by atoms with Gasteiger partial charge < -0.3 is 46.8 Å². The van der Waals surface area contributed by atoms with Crippen LogP contribution in [0.15, 0.2) is 0 Å². The van der Waals surface area contributed by atoms with Crippen LogP contribution in [0.4, 0.5) is 0 Å². The molecule has 156 valence electrons. The van der Waals surface area contributed by atoms with E-state index in [1.165, 1.54) is 25.9 Å². The van der Waals surface area contributed by atoms with Gasteiger partial charge in [-0.2, -0.15) is 4.31 Å². The number of hydrogen-bond donors (Lipinski definition) is 10. The van der Waals surface area contributed by atoms with Gasteiger partial charge in [-0.1, -0.05) is 0 Å². The highest BCUT2D eigenvalue weighted by molar-refractivity contribution is 7.60. The molecule has 12 N–H and O–H groups in total. The lowest BCUT2D eigenvalue weighted by Gasteiger charge is -2.06. The van der Waals surface area contributed by atoms with Crippen LogP contribution in [0.25, 0.3) is 0 Å². The minimum absolute atomic E-state index is 0.112. The van der Waals surface area contributed by atoms with E-state index in [4.69, 9.17) is 41.6 Å². The van der Waals surface area contributed by atoms with Crippen molar-refractivity contribution in [2.24, 2.45) is 11.5 Å². The third-order valence-corrected chi connectivity index (χ3v) is 4.20. The van der Waals surface area contributed by atoms with Crippen molar-refractivity contribution in [3.63, 3.8) is 0 Å². The SMILES string of the molecule is C1CCNC1.N=C(N)NCCCC(N)C(=O)O.O=P(O)(O)OP(=O)(O)O. The fourth-order valence-electron chi connectivity index (χ4n) is 1.43. The van der Waals surface area contributed by atoms with Crippen LogP contribution in [0.5, 0.6) is 0 Å². The Morgan fingerprint density at radius 2 is 1.65 bits per heavy atom. The zero-order valence-electron chi connectivity index (χ0n) is 13.9. The third kappa shape index (κ3) is 25.2. The molecule has 1 atom stereocenters. The molecule has 0 aliphatic carbocycles. The summed E-state index contributed by atoms with van der Waals surface area (Å²) < 4.78 is 22.2. The van der Waals surface area contributed by atoms with Gasteiger partial charge in [-0.25, -0.2) is 9.13 Å². The molecule has 0 aromatic rings. The van der Waals surface area contributed by atoms with Crippen molar-refractivity contribution in [1.82, 2.24) is 10.6 Å². The summed E-state index contributed by atoms with van der Waals surface area (Å²) in [5, 5.41) is 20.9. The van der Waals surface area contributed by atoms with E-state index in [1.807, 2.05) is 0 Å². The van der Waals surface area contributed by atoms with E-state index in [-0.39, 0.29) is 5.96 Å². The molecule has 0 radical (unpaired) electrons. The van der Waals surface area contributed by atoms with Crippen LogP contribution in [0.3, 0.4) is 0 Å². The van der Waals surface area contributed by atoms with Crippen molar-refractivity contribution in [2.75, 3.05) is 19.6 Å². The molecule has 1 rings (SSSR count). The van der Waals surface area contributed by atoms with Gasteiger partial charge in [0.05, 0.1) is 0 Å². The van der Waals surface area contributed by atoms with Crippen molar-refractivity contribution < 1.29 is 42.9 Å². The first-order valence-electron chi connectivity index (χ1n) is 7.34. The van der Waals surface area contributed by atoms with Crippen LogP contribution in [-0.4, -0.2) is 62.3 Å². The highest BCUT2D eigenvalue weighted by Crippen LogP contribution is 2.53. The van der Waals surface area contributed by atoms with Gasteiger partial charge in [-0.3, -0.25) is 10.2 Å². The lowest BCUT2D eigenvalue weighted by molar-refractivity contribution is -0.138. The van der Waals surface area contributed by atoms with Crippen LogP contribution < -0.4 is 22.1 Å². The Balaban J connectivity index is 0. The quantitative estimate of drug-likeness (QED) is 0.0940. The van der Waals surface area contributed by atoms with Gasteiger partial charge in [-0.05, 0) is 38.8 Å². The lowest BCUT2D eigenvalue weighted by atomic mass is 10.2. The zero-order chi connectivity index (χ0) is 20.8. The number of rotatable bonds is 7. The molecule has 0 aromatic carbocycles. The summed E-state index contributed by atoms with van der Waals surface area (Å²) in [5.74, 6) is -1.11. The zero-order valence-corrected chi connectivity index (χ0v) is 15.7. The summed E-state index contributed by atoms with van der Waals surface area (Å²) >= 11 is 0. The molecule has 0 bridgehead atoms. The Hall–Kier alpha value is -1.08. The maximum Gasteiger partial charge on any atom is 0.478 e. The van der Waals surface area contributed by atoms with Crippen LogP contribution in [0.2, 0.25) is 0 Å². The van der Waals surface area contributed by atoms with E-state index in [0.717, 1.165) is 0 Å². The molecule has 0 saturated carbocycles. The van der Waals surface area contributed by atoms with Crippen LogP contribution in [-0.2, 0) is 18.2 Å². The molecule has 1 aliphatic heterocycles. The van der Waals surface area contributed by atoms with Gasteiger partial charge in [0.15, 0.2) is 5.96 Å². The number of aliphatic carboxylic acids is 1. The molecule has 1 saturated heterocycles. The number of guanidine groups is 1. The van der Waals surface area contributed by atoms with Gasteiger partial charge in [0.25, 0.3) is 0 Å². The minimum atomic E-state index is -5.05. The number of carboxylic acid groups (broad SMARTS) is 1. The Morgan fingerprint density at radius 3 is 1.88 bits per heavy atom. The number of phosphoric acid groups is 2. The van der Waals surface area contributed by atoms with E-state index in [1.54, 1.807) is 0 Å². The first-order chi connectivity index (χ1) is 11.7. The van der Waals surface area contributed by atoms with Crippen molar-refractivity contribution in [3.8, 4) is 0 Å². The molecule has 26 heavy (non-hydrogen) atoms. The second-order valence-corrected chi connectivity index (χ2v) is 7.56. The predicted octanol–water partition coefficient (Wildman–Crippen LogP) is -1.78. The molecule has 0 spiro atoms. The molecular formula is C10H27N5O9P2. The van der Waals surface area contributed by atoms with E-state index in [0.29, 0.717) is 19.4 Å². The number of nitrogens with one attached hydrogen (secondary N) is 3. The Kier molecular flexibility index (Phi) is 14.7. The topological polar surface area (TPSA) is 262 Å². The summed E-state index contributed by atoms with van der Waals surface area (Å²) in [6.45, 7) is 2.98. The molecule has 0 aromatic heterocycles. The fraction of sp³-hybridized carbons (Fsp3) is 0.800. The maximum absolute atomic E-state index is 10.2. The second-order valence-electron chi connectivity index (χ2n) is 4.95. The Morgan fingerprint density at radius 1 is 1.19 bits per heavy atom. The fourth-order valence-corrected chi connectivity index (χ4v) is 2.54. The third-order valence-electron chi connectivity index (χ3n) is 2.49. The van der Waals surface area contributed by atoms with Gasteiger partial charge in [0.2, 0.25) is 0 Å². The number of carbonyl (C=O) groups is 1. The predicted molar refractivity (Wildman–Crippen MR) is 92.0 cm³/mol. The summed E-state index contributed by atoms with van der Waals surface area (Å²) in [5.41, 5.74) is 10.2. The number of carboxylic acids is 1. The average molecular weight is 423 g/mol. The van der Waals surface area contributed by atoms with Crippen LogP contribution in [0.1, 0.15) is 25.7 Å². The molecule has 1 heterocycles. The first kappa shape index (κ1) is 27.1. The molecule has 1 unspecified atom stereocenters. The lowest BCUT2D eigenvalue weighted by Crippen LogP contribution is -2.34. The van der Waals surface area contributed by atoms with Gasteiger partial charge >= 0.3 is 21.6 Å². The van der Waals surface area contributed by atoms with Crippen molar-refractivity contribution in [2.45, 2.75) is 31.7 Å². The smallest absolute Gasteiger partial charge is 0.478 e. The van der Waals surface area contributed by atoms with Crippen molar-refractivity contribution in [3.05, 3.63) is 0 Å². The number of hydrogen-bond acceptors (Lipinski definition) is 7. The Labute approximate surface area is 150 Å². The average Bonchev–Trinajstić information content (AvgIpc) is 2.98. The van der Waals surface area contributed by atoms with Gasteiger partial charge in [-0.15, -0.1) is 0 Å². The number of nitrogens with two attached hydrogens (primary N) is 2. The maximum atomic E-state index is 10.2.